The number of nitrogens with zero attached hydrogens (tertiary/aromatic N) is 1. The Morgan fingerprint density at radius 2 is 2.17 bits per heavy atom. The molecule has 0 aromatic heterocycles. The molecule has 1 heterocycles. The number of halogens is 1. The SMILES string of the molecule is Cc1ccc(Br)c(N2CCC(NC(C)C)C2=O)c1. The average molecular weight is 311 g/mol. The van der Waals surface area contributed by atoms with Crippen molar-refractivity contribution in [3.63, 3.8) is 0 Å². The van der Waals surface area contributed by atoms with Crippen LogP contribution in [0.3, 0.4) is 0 Å². The first-order valence-electron chi connectivity index (χ1n) is 6.32. The highest BCUT2D eigenvalue weighted by atomic mass is 79.9. The molecule has 2 rings (SSSR count). The molecule has 0 spiro atoms. The molecule has 1 aromatic carbocycles. The molecule has 18 heavy (non-hydrogen) atoms. The molecule has 1 saturated heterocycles. The minimum absolute atomic E-state index is 0.0441. The molecule has 3 nitrogen and oxygen atoms in total. The number of rotatable bonds is 3. The number of benzene rings is 1. The van der Waals surface area contributed by atoms with Crippen LogP contribution in [0.25, 0.3) is 0 Å². The van der Waals surface area contributed by atoms with Gasteiger partial charge in [0.15, 0.2) is 0 Å². The van der Waals surface area contributed by atoms with Gasteiger partial charge in [0.1, 0.15) is 0 Å². The van der Waals surface area contributed by atoms with Crippen molar-refractivity contribution in [1.29, 1.82) is 0 Å². The number of amides is 1. The average Bonchev–Trinajstić information content (AvgIpc) is 2.64. The summed E-state index contributed by atoms with van der Waals surface area (Å²) in [6, 6.07) is 6.39. The van der Waals surface area contributed by atoms with E-state index >= 15 is 0 Å². The van der Waals surface area contributed by atoms with Crippen molar-refractivity contribution in [2.75, 3.05) is 11.4 Å². The Balaban J connectivity index is 2.20. The van der Waals surface area contributed by atoms with E-state index in [9.17, 15) is 4.79 Å². The van der Waals surface area contributed by atoms with E-state index in [2.05, 4.69) is 41.2 Å². The lowest BCUT2D eigenvalue weighted by molar-refractivity contribution is -0.118. The van der Waals surface area contributed by atoms with Gasteiger partial charge in [-0.25, -0.2) is 0 Å². The largest absolute Gasteiger partial charge is 0.310 e. The molecule has 0 radical (unpaired) electrons. The van der Waals surface area contributed by atoms with E-state index in [1.165, 1.54) is 5.56 Å². The minimum Gasteiger partial charge on any atom is -0.310 e. The van der Waals surface area contributed by atoms with Crippen LogP contribution in [0.15, 0.2) is 22.7 Å². The van der Waals surface area contributed by atoms with Gasteiger partial charge in [0, 0.05) is 17.1 Å². The molecule has 1 unspecified atom stereocenters. The Labute approximate surface area is 117 Å². The second-order valence-electron chi connectivity index (χ2n) is 5.11. The summed E-state index contributed by atoms with van der Waals surface area (Å²) in [7, 11) is 0. The fraction of sp³-hybridized carbons (Fsp3) is 0.500. The normalized spacial score (nSPS) is 19.9. The second kappa shape index (κ2) is 5.41. The first kappa shape index (κ1) is 13.6. The Kier molecular flexibility index (Phi) is 4.07. The number of anilines is 1. The molecule has 1 atom stereocenters. The number of hydrogen-bond donors (Lipinski definition) is 1. The standard InChI is InChI=1S/C14H19BrN2O/c1-9(2)16-12-6-7-17(14(12)18)13-8-10(3)4-5-11(13)15/h4-5,8-9,12,16H,6-7H2,1-3H3. The van der Waals surface area contributed by atoms with Crippen LogP contribution < -0.4 is 10.2 Å². The fourth-order valence-corrected chi connectivity index (χ4v) is 2.77. The van der Waals surface area contributed by atoms with E-state index in [1.54, 1.807) is 0 Å². The monoisotopic (exact) mass is 310 g/mol. The van der Waals surface area contributed by atoms with Gasteiger partial charge in [-0.2, -0.15) is 0 Å². The lowest BCUT2D eigenvalue weighted by atomic mass is 10.2. The molecule has 1 aliphatic heterocycles. The third kappa shape index (κ3) is 2.75. The van der Waals surface area contributed by atoms with Crippen molar-refractivity contribution >= 4 is 27.5 Å². The highest BCUT2D eigenvalue weighted by Gasteiger charge is 2.33. The van der Waals surface area contributed by atoms with Gasteiger partial charge in [0.25, 0.3) is 0 Å². The maximum atomic E-state index is 12.3. The zero-order chi connectivity index (χ0) is 13.3. The van der Waals surface area contributed by atoms with Crippen molar-refractivity contribution in [3.8, 4) is 0 Å². The van der Waals surface area contributed by atoms with E-state index in [0.717, 1.165) is 23.1 Å². The zero-order valence-corrected chi connectivity index (χ0v) is 12.6. The van der Waals surface area contributed by atoms with Crippen LogP contribution in [0, 0.1) is 6.92 Å². The van der Waals surface area contributed by atoms with Gasteiger partial charge in [-0.05, 0) is 47.0 Å². The summed E-state index contributed by atoms with van der Waals surface area (Å²) in [5.41, 5.74) is 2.15. The molecule has 1 amide bonds. The van der Waals surface area contributed by atoms with Crippen LogP contribution in [-0.4, -0.2) is 24.5 Å². The molecule has 1 aliphatic rings. The third-order valence-electron chi connectivity index (χ3n) is 3.13. The summed E-state index contributed by atoms with van der Waals surface area (Å²) in [5.74, 6) is 0.176. The van der Waals surface area contributed by atoms with Gasteiger partial charge >= 0.3 is 0 Å². The predicted octanol–water partition coefficient (Wildman–Crippen LogP) is 2.86. The van der Waals surface area contributed by atoms with Crippen molar-refractivity contribution in [2.24, 2.45) is 0 Å². The summed E-state index contributed by atoms with van der Waals surface area (Å²) in [6.45, 7) is 6.96. The molecule has 0 bridgehead atoms. The highest BCUT2D eigenvalue weighted by Crippen LogP contribution is 2.30. The maximum absolute atomic E-state index is 12.3. The van der Waals surface area contributed by atoms with Crippen molar-refractivity contribution in [1.82, 2.24) is 5.32 Å². The molecule has 1 fully saturated rings. The summed E-state index contributed by atoms with van der Waals surface area (Å²) in [6.07, 6.45) is 0.872. The Hall–Kier alpha value is -0.870. The first-order valence-corrected chi connectivity index (χ1v) is 7.12. The summed E-state index contributed by atoms with van der Waals surface area (Å²) in [5, 5.41) is 3.32. The van der Waals surface area contributed by atoms with Gasteiger partial charge in [0.2, 0.25) is 5.91 Å². The number of carbonyl (C=O) groups excluding carboxylic acids is 1. The van der Waals surface area contributed by atoms with E-state index in [4.69, 9.17) is 0 Å². The lowest BCUT2D eigenvalue weighted by Crippen LogP contribution is -2.41. The number of nitrogens with one attached hydrogen (secondary N) is 1. The number of hydrogen-bond acceptors (Lipinski definition) is 2. The number of aryl methyl sites for hydroxylation is 1. The maximum Gasteiger partial charge on any atom is 0.244 e. The molecule has 0 saturated carbocycles. The van der Waals surface area contributed by atoms with Crippen LogP contribution in [0.1, 0.15) is 25.8 Å². The Morgan fingerprint density at radius 1 is 1.44 bits per heavy atom. The van der Waals surface area contributed by atoms with Gasteiger partial charge in [-0.1, -0.05) is 19.9 Å². The lowest BCUT2D eigenvalue weighted by Gasteiger charge is -2.20. The quantitative estimate of drug-likeness (QED) is 0.931. The molecular formula is C14H19BrN2O. The molecule has 0 aliphatic carbocycles. The molecule has 1 aromatic rings. The molecule has 98 valence electrons. The van der Waals surface area contributed by atoms with Crippen LogP contribution in [0.5, 0.6) is 0 Å². The van der Waals surface area contributed by atoms with Gasteiger partial charge < -0.3 is 10.2 Å². The van der Waals surface area contributed by atoms with E-state index in [-0.39, 0.29) is 11.9 Å². The van der Waals surface area contributed by atoms with Gasteiger partial charge in [-0.3, -0.25) is 4.79 Å². The topological polar surface area (TPSA) is 32.3 Å². The highest BCUT2D eigenvalue weighted by molar-refractivity contribution is 9.10. The minimum atomic E-state index is -0.0441. The van der Waals surface area contributed by atoms with E-state index < -0.39 is 0 Å². The van der Waals surface area contributed by atoms with Gasteiger partial charge in [-0.15, -0.1) is 0 Å². The third-order valence-corrected chi connectivity index (χ3v) is 3.80. The molecular weight excluding hydrogens is 292 g/mol. The molecule has 4 heteroatoms. The van der Waals surface area contributed by atoms with Crippen molar-refractivity contribution < 1.29 is 4.79 Å². The summed E-state index contributed by atoms with van der Waals surface area (Å²) >= 11 is 3.52. The Morgan fingerprint density at radius 3 is 2.83 bits per heavy atom. The van der Waals surface area contributed by atoms with Crippen molar-refractivity contribution in [2.45, 2.75) is 39.3 Å². The number of carbonyl (C=O) groups is 1. The predicted molar refractivity (Wildman–Crippen MR) is 77.9 cm³/mol. The smallest absolute Gasteiger partial charge is 0.244 e. The van der Waals surface area contributed by atoms with Crippen LogP contribution in [0.2, 0.25) is 0 Å². The van der Waals surface area contributed by atoms with Crippen LogP contribution in [0.4, 0.5) is 5.69 Å². The van der Waals surface area contributed by atoms with E-state index in [0.29, 0.717) is 6.04 Å². The van der Waals surface area contributed by atoms with Gasteiger partial charge in [0.05, 0.1) is 11.7 Å². The van der Waals surface area contributed by atoms with E-state index in [1.807, 2.05) is 24.0 Å². The summed E-state index contributed by atoms with van der Waals surface area (Å²) < 4.78 is 0.978. The van der Waals surface area contributed by atoms with Crippen molar-refractivity contribution in [3.05, 3.63) is 28.2 Å². The van der Waals surface area contributed by atoms with Crippen LogP contribution in [-0.2, 0) is 4.79 Å². The second-order valence-corrected chi connectivity index (χ2v) is 5.96. The van der Waals surface area contributed by atoms with Crippen LogP contribution >= 0.6 is 15.9 Å². The Bertz CT molecular complexity index is 459. The molecule has 1 N–H and O–H groups in total. The fourth-order valence-electron chi connectivity index (χ4n) is 2.31. The zero-order valence-electron chi connectivity index (χ0n) is 11.0. The summed E-state index contributed by atoms with van der Waals surface area (Å²) in [4.78, 5) is 14.2. The first-order chi connectivity index (χ1) is 8.49.